The van der Waals surface area contributed by atoms with Crippen LogP contribution in [0.3, 0.4) is 0 Å². The first-order valence-corrected chi connectivity index (χ1v) is 5.39. The van der Waals surface area contributed by atoms with Crippen LogP contribution in [-0.2, 0) is 14.6 Å². The highest BCUT2D eigenvalue weighted by atomic mass is 32.2. The number of nitrogens with one attached hydrogen (secondary N) is 1. The summed E-state index contributed by atoms with van der Waals surface area (Å²) in [6, 6.07) is -0.0903. The predicted octanol–water partition coefficient (Wildman–Crippen LogP) is -1.08. The van der Waals surface area contributed by atoms with E-state index in [9.17, 15) is 13.2 Å². The summed E-state index contributed by atoms with van der Waals surface area (Å²) in [5.41, 5.74) is 0. The zero-order valence-electron chi connectivity index (χ0n) is 5.91. The molecule has 0 spiro atoms. The molecule has 1 N–H and O–H groups in total. The Hall–Kier alpha value is -0.580. The average Bonchev–Trinajstić information content (AvgIpc) is 2.17. The minimum atomic E-state index is -2.84. The molecule has 62 valence electrons. The third kappa shape index (κ3) is 1.13. The second-order valence-electron chi connectivity index (χ2n) is 3.22. The zero-order chi connectivity index (χ0) is 8.06. The molecule has 2 unspecified atom stereocenters. The minimum Gasteiger partial charge on any atom is -0.352 e. The molecule has 0 bridgehead atoms. The van der Waals surface area contributed by atoms with Crippen LogP contribution in [0, 0.1) is 5.92 Å². The van der Waals surface area contributed by atoms with Gasteiger partial charge in [-0.25, -0.2) is 8.42 Å². The molecule has 2 heterocycles. The molecule has 0 saturated carbocycles. The molecular weight excluding hydrogens is 166 g/mol. The number of carbonyl (C=O) groups is 1. The third-order valence-electron chi connectivity index (χ3n) is 2.26. The molecule has 0 aromatic carbocycles. The van der Waals surface area contributed by atoms with Crippen LogP contribution in [0.25, 0.3) is 0 Å². The van der Waals surface area contributed by atoms with Gasteiger partial charge in [0.05, 0.1) is 11.5 Å². The first kappa shape index (κ1) is 7.09. The Kier molecular flexibility index (Phi) is 1.27. The van der Waals surface area contributed by atoms with E-state index in [0.29, 0.717) is 6.42 Å². The Balaban J connectivity index is 2.22. The summed E-state index contributed by atoms with van der Waals surface area (Å²) in [7, 11) is -2.84. The Bertz CT molecular complexity index is 273. The zero-order valence-corrected chi connectivity index (χ0v) is 6.73. The maximum Gasteiger partial charge on any atom is 0.220 e. The lowest BCUT2D eigenvalue weighted by Crippen LogP contribution is -2.29. The van der Waals surface area contributed by atoms with Crippen molar-refractivity contribution in [2.24, 2.45) is 5.92 Å². The Morgan fingerprint density at radius 2 is 2.09 bits per heavy atom. The average molecular weight is 175 g/mol. The van der Waals surface area contributed by atoms with Crippen molar-refractivity contribution in [3.05, 3.63) is 0 Å². The molecule has 5 heteroatoms. The van der Waals surface area contributed by atoms with E-state index in [2.05, 4.69) is 5.32 Å². The fourth-order valence-corrected chi connectivity index (χ4v) is 3.83. The highest BCUT2D eigenvalue weighted by molar-refractivity contribution is 7.91. The van der Waals surface area contributed by atoms with Gasteiger partial charge in [-0.15, -0.1) is 0 Å². The molecule has 0 aliphatic carbocycles. The van der Waals surface area contributed by atoms with E-state index in [1.54, 1.807) is 0 Å². The van der Waals surface area contributed by atoms with Crippen LogP contribution in [0.15, 0.2) is 0 Å². The predicted molar refractivity (Wildman–Crippen MR) is 38.7 cm³/mol. The van der Waals surface area contributed by atoms with E-state index in [4.69, 9.17) is 0 Å². The molecule has 2 aliphatic heterocycles. The van der Waals surface area contributed by atoms with Gasteiger partial charge in [0, 0.05) is 18.4 Å². The van der Waals surface area contributed by atoms with Crippen LogP contribution in [0.1, 0.15) is 6.42 Å². The van der Waals surface area contributed by atoms with E-state index < -0.39 is 9.84 Å². The van der Waals surface area contributed by atoms with Gasteiger partial charge in [0.15, 0.2) is 9.84 Å². The minimum absolute atomic E-state index is 0.00472. The maximum atomic E-state index is 11.0. The van der Waals surface area contributed by atoms with E-state index in [0.717, 1.165) is 0 Å². The van der Waals surface area contributed by atoms with Gasteiger partial charge in [-0.05, 0) is 0 Å². The summed E-state index contributed by atoms with van der Waals surface area (Å²) in [4.78, 5) is 10.8. The standard InChI is InChI=1S/C6H9NO3S/c8-6-1-4-2-11(9,10)3-5(4)7-6/h4-5H,1-3H2,(H,7,8). The highest BCUT2D eigenvalue weighted by Gasteiger charge is 2.43. The molecule has 4 nitrogen and oxygen atoms in total. The van der Waals surface area contributed by atoms with Crippen LogP contribution < -0.4 is 5.32 Å². The molecule has 2 saturated heterocycles. The van der Waals surface area contributed by atoms with Crippen LogP contribution in [0.4, 0.5) is 0 Å². The van der Waals surface area contributed by atoms with Crippen molar-refractivity contribution in [1.82, 2.24) is 5.32 Å². The molecular formula is C6H9NO3S. The maximum absolute atomic E-state index is 11.0. The topological polar surface area (TPSA) is 63.2 Å². The molecule has 2 rings (SSSR count). The summed E-state index contributed by atoms with van der Waals surface area (Å²) >= 11 is 0. The fourth-order valence-electron chi connectivity index (χ4n) is 1.78. The van der Waals surface area contributed by atoms with Crippen molar-refractivity contribution in [2.75, 3.05) is 11.5 Å². The van der Waals surface area contributed by atoms with Crippen molar-refractivity contribution in [3.63, 3.8) is 0 Å². The summed E-state index contributed by atoms with van der Waals surface area (Å²) in [6.45, 7) is 0. The lowest BCUT2D eigenvalue weighted by atomic mass is 10.1. The molecule has 0 radical (unpaired) electrons. The number of amides is 1. The van der Waals surface area contributed by atoms with Gasteiger partial charge in [-0.2, -0.15) is 0 Å². The molecule has 0 aromatic rings. The lowest BCUT2D eigenvalue weighted by Gasteiger charge is -2.02. The highest BCUT2D eigenvalue weighted by Crippen LogP contribution is 2.26. The fraction of sp³-hybridized carbons (Fsp3) is 0.833. The van der Waals surface area contributed by atoms with Gasteiger partial charge in [-0.3, -0.25) is 4.79 Å². The van der Waals surface area contributed by atoms with Crippen molar-refractivity contribution in [1.29, 1.82) is 0 Å². The van der Waals surface area contributed by atoms with Crippen LogP contribution in [0.2, 0.25) is 0 Å². The Labute approximate surface area is 64.9 Å². The lowest BCUT2D eigenvalue weighted by molar-refractivity contribution is -0.119. The smallest absolute Gasteiger partial charge is 0.220 e. The molecule has 2 fully saturated rings. The van der Waals surface area contributed by atoms with E-state index in [1.807, 2.05) is 0 Å². The van der Waals surface area contributed by atoms with E-state index in [1.165, 1.54) is 0 Å². The van der Waals surface area contributed by atoms with Gasteiger partial charge in [-0.1, -0.05) is 0 Å². The summed E-state index contributed by atoms with van der Waals surface area (Å²) in [5, 5.41) is 2.65. The normalized spacial score (nSPS) is 40.2. The van der Waals surface area contributed by atoms with Crippen LogP contribution in [0.5, 0.6) is 0 Å². The largest absolute Gasteiger partial charge is 0.352 e. The van der Waals surface area contributed by atoms with Gasteiger partial charge in [0.1, 0.15) is 0 Å². The van der Waals surface area contributed by atoms with Crippen molar-refractivity contribution >= 4 is 15.7 Å². The van der Waals surface area contributed by atoms with Gasteiger partial charge in [0.25, 0.3) is 0 Å². The summed E-state index contributed by atoms with van der Waals surface area (Å²) in [6.07, 6.45) is 0.393. The Morgan fingerprint density at radius 1 is 1.36 bits per heavy atom. The Morgan fingerprint density at radius 3 is 2.73 bits per heavy atom. The van der Waals surface area contributed by atoms with Crippen LogP contribution in [-0.4, -0.2) is 31.9 Å². The second-order valence-corrected chi connectivity index (χ2v) is 5.37. The quantitative estimate of drug-likeness (QED) is 0.509. The first-order chi connectivity index (χ1) is 5.07. The molecule has 2 aliphatic rings. The molecule has 1 amide bonds. The summed E-state index contributed by atoms with van der Waals surface area (Å²) < 4.78 is 22.0. The molecule has 0 aromatic heterocycles. The number of sulfone groups is 1. The van der Waals surface area contributed by atoms with Crippen molar-refractivity contribution in [3.8, 4) is 0 Å². The monoisotopic (exact) mass is 175 g/mol. The third-order valence-corrected chi connectivity index (χ3v) is 4.07. The van der Waals surface area contributed by atoms with Crippen molar-refractivity contribution in [2.45, 2.75) is 12.5 Å². The van der Waals surface area contributed by atoms with E-state index in [-0.39, 0.29) is 29.4 Å². The van der Waals surface area contributed by atoms with E-state index >= 15 is 0 Å². The molecule has 2 atom stereocenters. The van der Waals surface area contributed by atoms with Gasteiger partial charge in [0.2, 0.25) is 5.91 Å². The molecule has 11 heavy (non-hydrogen) atoms. The van der Waals surface area contributed by atoms with Crippen LogP contribution >= 0.6 is 0 Å². The SMILES string of the molecule is O=C1CC2CS(=O)(=O)CC2N1. The summed E-state index contributed by atoms with van der Waals surface area (Å²) in [5.74, 6) is 0.377. The number of fused-ring (bicyclic) bond motifs is 1. The number of rotatable bonds is 0. The first-order valence-electron chi connectivity index (χ1n) is 3.57. The number of hydrogen-bond acceptors (Lipinski definition) is 3. The van der Waals surface area contributed by atoms with Gasteiger partial charge < -0.3 is 5.32 Å². The van der Waals surface area contributed by atoms with Gasteiger partial charge >= 0.3 is 0 Å². The number of carbonyl (C=O) groups excluding carboxylic acids is 1. The number of hydrogen-bond donors (Lipinski definition) is 1. The van der Waals surface area contributed by atoms with Crippen molar-refractivity contribution < 1.29 is 13.2 Å². The second kappa shape index (κ2) is 1.97.